The van der Waals surface area contributed by atoms with Crippen molar-refractivity contribution in [3.05, 3.63) is 0 Å². The van der Waals surface area contributed by atoms with Gasteiger partial charge in [-0.3, -0.25) is 37.3 Å². The van der Waals surface area contributed by atoms with Crippen LogP contribution in [0.5, 0.6) is 0 Å². The maximum atomic E-state index is 13.1. The summed E-state index contributed by atoms with van der Waals surface area (Å²) in [4.78, 5) is 72.9. The van der Waals surface area contributed by atoms with Gasteiger partial charge in [-0.2, -0.15) is 0 Å². The van der Waals surface area contributed by atoms with Crippen molar-refractivity contribution in [2.75, 3.05) is 39.6 Å². The van der Waals surface area contributed by atoms with Crippen LogP contribution >= 0.6 is 15.6 Å². The van der Waals surface area contributed by atoms with E-state index in [1.807, 2.05) is 0 Å². The van der Waals surface area contributed by atoms with Gasteiger partial charge >= 0.3 is 39.5 Å². The molecule has 3 N–H and O–H groups in total. The Balaban J connectivity index is 5.26. The number of hydrogen-bond acceptors (Lipinski definition) is 15. The maximum Gasteiger partial charge on any atom is 0.472 e. The van der Waals surface area contributed by atoms with Crippen LogP contribution in [0.1, 0.15) is 389 Å². The lowest BCUT2D eigenvalue weighted by Gasteiger charge is -2.21. The van der Waals surface area contributed by atoms with Crippen molar-refractivity contribution in [1.82, 2.24) is 0 Å². The molecule has 4 unspecified atom stereocenters. The van der Waals surface area contributed by atoms with Crippen LogP contribution in [0.15, 0.2) is 0 Å². The van der Waals surface area contributed by atoms with Crippen LogP contribution < -0.4 is 0 Å². The number of aliphatic hydroxyl groups excluding tert-OH is 1. The summed E-state index contributed by atoms with van der Waals surface area (Å²) in [6.45, 7) is 14.2. The summed E-state index contributed by atoms with van der Waals surface area (Å²) in [5.41, 5.74) is 0. The lowest BCUT2D eigenvalue weighted by Crippen LogP contribution is -2.30. The zero-order chi connectivity index (χ0) is 71.0. The van der Waals surface area contributed by atoms with E-state index in [0.29, 0.717) is 31.6 Å². The molecule has 19 heteroatoms. The smallest absolute Gasteiger partial charge is 0.462 e. The SMILES string of the molecule is CCC(C)CCCCCCCCCCCCC(=O)OC[C@H](COP(=O)(O)OCC(O)COP(=O)(O)OC[C@@H](COC(=O)CCCCCCCCCC(C)C)OC(=O)CCCCCCCCCCCCCCC(C)C)OC(=O)CCCCCCCCCCCCCCCCC(C)C. The van der Waals surface area contributed by atoms with E-state index in [2.05, 4.69) is 55.4 Å². The number of unbranched alkanes of at least 4 members (excludes halogenated alkanes) is 39. The highest BCUT2D eigenvalue weighted by Gasteiger charge is 2.30. The van der Waals surface area contributed by atoms with E-state index in [-0.39, 0.29) is 25.7 Å². The van der Waals surface area contributed by atoms with Crippen LogP contribution in [0, 0.1) is 23.7 Å². The highest BCUT2D eigenvalue weighted by atomic mass is 31.2. The molecule has 0 aromatic rings. The van der Waals surface area contributed by atoms with E-state index in [4.69, 9.17) is 37.0 Å². The average molecular weight is 1410 g/mol. The summed E-state index contributed by atoms with van der Waals surface area (Å²) < 4.78 is 68.6. The van der Waals surface area contributed by atoms with Crippen molar-refractivity contribution in [1.29, 1.82) is 0 Å². The van der Waals surface area contributed by atoms with Gasteiger partial charge in [0.25, 0.3) is 0 Å². The van der Waals surface area contributed by atoms with Gasteiger partial charge in [0, 0.05) is 25.7 Å². The van der Waals surface area contributed by atoms with Crippen molar-refractivity contribution in [2.24, 2.45) is 23.7 Å². The Bertz CT molecular complexity index is 1890. The van der Waals surface area contributed by atoms with Crippen LogP contribution in [-0.2, 0) is 65.4 Å². The Morgan fingerprint density at radius 3 is 0.740 bits per heavy atom. The molecule has 6 atom stereocenters. The minimum Gasteiger partial charge on any atom is -0.462 e. The van der Waals surface area contributed by atoms with Crippen molar-refractivity contribution in [2.45, 2.75) is 408 Å². The first-order valence-corrected chi connectivity index (χ1v) is 42.7. The minimum atomic E-state index is -4.96. The summed E-state index contributed by atoms with van der Waals surface area (Å²) in [5.74, 6) is 0.967. The molecule has 0 spiro atoms. The van der Waals surface area contributed by atoms with Gasteiger partial charge in [-0.05, 0) is 49.4 Å². The quantitative estimate of drug-likeness (QED) is 0.0222. The first-order chi connectivity index (χ1) is 46.1. The highest BCUT2D eigenvalue weighted by molar-refractivity contribution is 7.47. The van der Waals surface area contributed by atoms with Gasteiger partial charge < -0.3 is 33.8 Å². The van der Waals surface area contributed by atoms with Crippen LogP contribution in [0.25, 0.3) is 0 Å². The Morgan fingerprint density at radius 2 is 0.500 bits per heavy atom. The second-order valence-electron chi connectivity index (χ2n) is 29.4. The normalized spacial score (nSPS) is 14.4. The Morgan fingerprint density at radius 1 is 0.292 bits per heavy atom. The summed E-state index contributed by atoms with van der Waals surface area (Å²) in [5, 5.41) is 10.6. The van der Waals surface area contributed by atoms with Crippen molar-refractivity contribution in [3.63, 3.8) is 0 Å². The van der Waals surface area contributed by atoms with E-state index < -0.39 is 97.5 Å². The number of esters is 4. The van der Waals surface area contributed by atoms with Gasteiger partial charge in [0.2, 0.25) is 0 Å². The molecule has 0 aliphatic carbocycles. The molecule has 0 aromatic heterocycles. The van der Waals surface area contributed by atoms with E-state index in [0.717, 1.165) is 114 Å². The summed E-state index contributed by atoms with van der Waals surface area (Å²) >= 11 is 0. The molecular formula is C77H150O17P2. The third kappa shape index (κ3) is 69.2. The van der Waals surface area contributed by atoms with E-state index in [1.165, 1.54) is 186 Å². The number of carbonyl (C=O) groups is 4. The van der Waals surface area contributed by atoms with Gasteiger partial charge in [0.05, 0.1) is 26.4 Å². The van der Waals surface area contributed by atoms with Crippen LogP contribution in [0.2, 0.25) is 0 Å². The number of aliphatic hydroxyl groups is 1. The van der Waals surface area contributed by atoms with Crippen LogP contribution in [0.4, 0.5) is 0 Å². The number of carbonyl (C=O) groups excluding carboxylic acids is 4. The molecule has 17 nitrogen and oxygen atoms in total. The second-order valence-corrected chi connectivity index (χ2v) is 32.3. The molecule has 0 aliphatic rings. The van der Waals surface area contributed by atoms with Gasteiger partial charge in [0.15, 0.2) is 12.2 Å². The predicted octanol–water partition coefficient (Wildman–Crippen LogP) is 22.4. The standard InChI is InChI=1S/C77H150O17P2/c1-9-70(8)56-48-40-32-24-20-21-25-33-41-49-57-74(79)87-63-72(93-76(81)59-51-43-34-26-18-13-11-10-12-16-22-29-37-45-53-67(2)3)65-91-95(83,84)89-61-71(78)62-90-96(85,86)92-66-73(64-88-75(80)58-50-42-36-28-31-39-47-55-69(6)7)94-77(82)60-52-44-35-27-19-15-14-17-23-30-38-46-54-68(4)5/h67-73,78H,9-66H2,1-8H3,(H,83,84)(H,85,86)/t70?,71?,72-,73-/m1/s1. The van der Waals surface area contributed by atoms with Gasteiger partial charge in [-0.15, -0.1) is 0 Å². The lowest BCUT2D eigenvalue weighted by molar-refractivity contribution is -0.161. The molecule has 0 amide bonds. The molecule has 0 bridgehead atoms. The molecule has 0 saturated carbocycles. The molecule has 0 fully saturated rings. The third-order valence-electron chi connectivity index (χ3n) is 18.2. The lowest BCUT2D eigenvalue weighted by atomic mass is 9.99. The topological polar surface area (TPSA) is 237 Å². The number of phosphoric acid groups is 2. The van der Waals surface area contributed by atoms with Gasteiger partial charge in [0.1, 0.15) is 19.3 Å². The largest absolute Gasteiger partial charge is 0.472 e. The molecule has 0 aromatic carbocycles. The first-order valence-electron chi connectivity index (χ1n) is 39.7. The molecule has 0 rings (SSSR count). The fourth-order valence-corrected chi connectivity index (χ4v) is 13.3. The van der Waals surface area contributed by atoms with E-state index in [9.17, 15) is 43.2 Å². The monoisotopic (exact) mass is 1410 g/mol. The molecule has 570 valence electrons. The predicted molar refractivity (Wildman–Crippen MR) is 391 cm³/mol. The summed E-state index contributed by atoms with van der Waals surface area (Å²) in [6.07, 6.45) is 51.3. The Labute approximate surface area is 588 Å². The zero-order valence-corrected chi connectivity index (χ0v) is 64.8. The summed E-state index contributed by atoms with van der Waals surface area (Å²) in [7, 11) is -9.92. The Hall–Kier alpha value is -1.94. The number of hydrogen-bond donors (Lipinski definition) is 3. The molecule has 0 saturated heterocycles. The van der Waals surface area contributed by atoms with E-state index in [1.54, 1.807) is 0 Å². The molecule has 96 heavy (non-hydrogen) atoms. The third-order valence-corrected chi connectivity index (χ3v) is 20.1. The highest BCUT2D eigenvalue weighted by Crippen LogP contribution is 2.45. The fraction of sp³-hybridized carbons (Fsp3) is 0.948. The number of ether oxygens (including phenoxy) is 4. The summed E-state index contributed by atoms with van der Waals surface area (Å²) in [6, 6.07) is 0. The van der Waals surface area contributed by atoms with Crippen LogP contribution in [-0.4, -0.2) is 96.7 Å². The average Bonchev–Trinajstić information content (AvgIpc) is 1.18. The zero-order valence-electron chi connectivity index (χ0n) is 63.0. The first kappa shape index (κ1) is 94.1. The molecule has 0 heterocycles. The Kier molecular flexibility index (Phi) is 65.0. The van der Waals surface area contributed by atoms with Gasteiger partial charge in [-0.25, -0.2) is 9.13 Å². The van der Waals surface area contributed by atoms with Crippen molar-refractivity contribution in [3.8, 4) is 0 Å². The molecule has 0 radical (unpaired) electrons. The minimum absolute atomic E-state index is 0.106. The van der Waals surface area contributed by atoms with Crippen LogP contribution in [0.3, 0.4) is 0 Å². The van der Waals surface area contributed by atoms with Crippen molar-refractivity contribution < 1.29 is 80.2 Å². The maximum absolute atomic E-state index is 13.1. The van der Waals surface area contributed by atoms with Crippen molar-refractivity contribution >= 4 is 39.5 Å². The second kappa shape index (κ2) is 66.3. The van der Waals surface area contributed by atoms with E-state index >= 15 is 0 Å². The fourth-order valence-electron chi connectivity index (χ4n) is 11.7. The van der Waals surface area contributed by atoms with Gasteiger partial charge in [-0.1, -0.05) is 338 Å². The molecule has 0 aliphatic heterocycles. The number of rotatable bonds is 74. The number of phosphoric ester groups is 2. The molecular weight excluding hydrogens is 1260 g/mol.